The van der Waals surface area contributed by atoms with Gasteiger partial charge in [-0.1, -0.05) is 23.7 Å². The number of halogens is 2. The molecule has 23 heavy (non-hydrogen) atoms. The van der Waals surface area contributed by atoms with Crippen LogP contribution >= 0.6 is 11.6 Å². The molecule has 5 nitrogen and oxygen atoms in total. The van der Waals surface area contributed by atoms with E-state index in [1.165, 1.54) is 18.5 Å². The number of nitrogens with one attached hydrogen (secondary N) is 1. The molecule has 7 heteroatoms. The van der Waals surface area contributed by atoms with Gasteiger partial charge in [-0.2, -0.15) is 5.10 Å². The van der Waals surface area contributed by atoms with Crippen LogP contribution in [0.4, 0.5) is 10.1 Å². The van der Waals surface area contributed by atoms with Crippen molar-refractivity contribution in [2.45, 2.75) is 6.54 Å². The molecule has 1 amide bonds. The summed E-state index contributed by atoms with van der Waals surface area (Å²) in [6, 6.07) is 10.9. The normalized spacial score (nSPS) is 10.5. The molecule has 0 fully saturated rings. The van der Waals surface area contributed by atoms with E-state index in [-0.39, 0.29) is 10.9 Å². The summed E-state index contributed by atoms with van der Waals surface area (Å²) in [4.78, 5) is 16.1. The molecule has 0 unspecified atom stereocenters. The molecule has 1 N–H and O–H groups in total. The van der Waals surface area contributed by atoms with Crippen LogP contribution in [0.3, 0.4) is 0 Å². The predicted octanol–water partition coefficient (Wildman–Crippen LogP) is 3.37. The summed E-state index contributed by atoms with van der Waals surface area (Å²) in [5.41, 5.74) is 1.84. The van der Waals surface area contributed by atoms with Crippen molar-refractivity contribution in [2.24, 2.45) is 0 Å². The van der Waals surface area contributed by atoms with E-state index >= 15 is 0 Å². The SMILES string of the molecule is O=C(Nc1ccc(F)cc1Cl)c1ccc(Cn2cncn2)cc1. The number of aromatic nitrogens is 3. The van der Waals surface area contributed by atoms with Crippen molar-refractivity contribution >= 4 is 23.2 Å². The Bertz CT molecular complexity index is 819. The number of benzene rings is 2. The first-order valence-electron chi connectivity index (χ1n) is 6.79. The Morgan fingerprint density at radius 2 is 2.00 bits per heavy atom. The van der Waals surface area contributed by atoms with Crippen molar-refractivity contribution in [3.8, 4) is 0 Å². The Morgan fingerprint density at radius 3 is 2.65 bits per heavy atom. The molecule has 116 valence electrons. The third kappa shape index (κ3) is 3.73. The average molecular weight is 331 g/mol. The van der Waals surface area contributed by atoms with Gasteiger partial charge in [-0.05, 0) is 35.9 Å². The fourth-order valence-electron chi connectivity index (χ4n) is 2.05. The monoisotopic (exact) mass is 330 g/mol. The Morgan fingerprint density at radius 1 is 1.22 bits per heavy atom. The smallest absolute Gasteiger partial charge is 0.255 e. The molecule has 0 aliphatic heterocycles. The maximum Gasteiger partial charge on any atom is 0.255 e. The zero-order chi connectivity index (χ0) is 16.2. The minimum Gasteiger partial charge on any atom is -0.321 e. The topological polar surface area (TPSA) is 59.8 Å². The highest BCUT2D eigenvalue weighted by atomic mass is 35.5. The molecular formula is C16H12ClFN4O. The van der Waals surface area contributed by atoms with Crippen molar-refractivity contribution in [3.05, 3.63) is 77.1 Å². The molecule has 1 aromatic heterocycles. The third-order valence-corrected chi connectivity index (χ3v) is 3.52. The van der Waals surface area contributed by atoms with E-state index in [2.05, 4.69) is 15.4 Å². The Labute approximate surface area is 136 Å². The molecule has 3 aromatic rings. The highest BCUT2D eigenvalue weighted by Crippen LogP contribution is 2.23. The molecule has 1 heterocycles. The zero-order valence-electron chi connectivity index (χ0n) is 11.9. The number of anilines is 1. The number of carbonyl (C=O) groups excluding carboxylic acids is 1. The number of rotatable bonds is 4. The quantitative estimate of drug-likeness (QED) is 0.798. The second kappa shape index (κ2) is 6.58. The fraction of sp³-hybridized carbons (Fsp3) is 0.0625. The summed E-state index contributed by atoms with van der Waals surface area (Å²) < 4.78 is 14.7. The van der Waals surface area contributed by atoms with Crippen LogP contribution in [0.5, 0.6) is 0 Å². The number of carbonyl (C=O) groups is 1. The second-order valence-electron chi connectivity index (χ2n) is 4.87. The third-order valence-electron chi connectivity index (χ3n) is 3.21. The van der Waals surface area contributed by atoms with Gasteiger partial charge >= 0.3 is 0 Å². The molecule has 2 aromatic carbocycles. The first-order valence-corrected chi connectivity index (χ1v) is 7.17. The van der Waals surface area contributed by atoms with Crippen LogP contribution in [0.15, 0.2) is 55.1 Å². The van der Waals surface area contributed by atoms with Gasteiger partial charge in [0.1, 0.15) is 18.5 Å². The molecule has 3 rings (SSSR count). The van der Waals surface area contributed by atoms with Gasteiger partial charge in [0.25, 0.3) is 5.91 Å². The van der Waals surface area contributed by atoms with E-state index in [0.29, 0.717) is 17.8 Å². The zero-order valence-corrected chi connectivity index (χ0v) is 12.7. The van der Waals surface area contributed by atoms with E-state index in [9.17, 15) is 9.18 Å². The Kier molecular flexibility index (Phi) is 4.34. The molecule has 0 aliphatic carbocycles. The molecule has 0 bridgehead atoms. The summed E-state index contributed by atoms with van der Waals surface area (Å²) >= 11 is 5.90. The fourth-order valence-corrected chi connectivity index (χ4v) is 2.26. The van der Waals surface area contributed by atoms with Gasteiger partial charge in [0, 0.05) is 5.56 Å². The number of hydrogen-bond donors (Lipinski definition) is 1. The molecule has 0 spiro atoms. The highest BCUT2D eigenvalue weighted by molar-refractivity contribution is 6.33. The molecule has 0 saturated heterocycles. The van der Waals surface area contributed by atoms with Crippen molar-refractivity contribution in [2.75, 3.05) is 5.32 Å². The van der Waals surface area contributed by atoms with Crippen LogP contribution < -0.4 is 5.32 Å². The van der Waals surface area contributed by atoms with Gasteiger partial charge in [-0.25, -0.2) is 14.1 Å². The average Bonchev–Trinajstić information content (AvgIpc) is 3.04. The predicted molar refractivity (Wildman–Crippen MR) is 84.9 cm³/mol. The van der Waals surface area contributed by atoms with E-state index in [0.717, 1.165) is 11.6 Å². The van der Waals surface area contributed by atoms with Gasteiger partial charge in [0.05, 0.1) is 17.3 Å². The van der Waals surface area contributed by atoms with E-state index in [4.69, 9.17) is 11.6 Å². The van der Waals surface area contributed by atoms with Crippen LogP contribution in [0.1, 0.15) is 15.9 Å². The van der Waals surface area contributed by atoms with Crippen molar-refractivity contribution in [1.29, 1.82) is 0 Å². The summed E-state index contributed by atoms with van der Waals surface area (Å²) in [6.45, 7) is 0.575. The van der Waals surface area contributed by atoms with Crippen LogP contribution in [-0.4, -0.2) is 20.7 Å². The Balaban J connectivity index is 1.70. The summed E-state index contributed by atoms with van der Waals surface area (Å²) in [7, 11) is 0. The van der Waals surface area contributed by atoms with E-state index in [1.54, 1.807) is 23.1 Å². The van der Waals surface area contributed by atoms with E-state index in [1.807, 2.05) is 12.1 Å². The molecule has 0 saturated carbocycles. The van der Waals surface area contributed by atoms with Crippen molar-refractivity contribution < 1.29 is 9.18 Å². The van der Waals surface area contributed by atoms with Crippen molar-refractivity contribution in [1.82, 2.24) is 14.8 Å². The van der Waals surface area contributed by atoms with Crippen LogP contribution in [0.25, 0.3) is 0 Å². The van der Waals surface area contributed by atoms with Gasteiger partial charge in [-0.15, -0.1) is 0 Å². The molecular weight excluding hydrogens is 319 g/mol. The highest BCUT2D eigenvalue weighted by Gasteiger charge is 2.09. The number of hydrogen-bond acceptors (Lipinski definition) is 3. The summed E-state index contributed by atoms with van der Waals surface area (Å²) in [5.74, 6) is -0.767. The first-order chi connectivity index (χ1) is 11.1. The van der Waals surface area contributed by atoms with Crippen LogP contribution in [0.2, 0.25) is 5.02 Å². The van der Waals surface area contributed by atoms with E-state index < -0.39 is 5.82 Å². The maximum atomic E-state index is 13.0. The maximum absolute atomic E-state index is 13.0. The summed E-state index contributed by atoms with van der Waals surface area (Å²) in [6.07, 6.45) is 3.09. The van der Waals surface area contributed by atoms with Gasteiger partial charge in [0.2, 0.25) is 0 Å². The second-order valence-corrected chi connectivity index (χ2v) is 5.28. The van der Waals surface area contributed by atoms with Crippen molar-refractivity contribution in [3.63, 3.8) is 0 Å². The standard InChI is InChI=1S/C16H12ClFN4O/c17-14-7-13(18)5-6-15(14)21-16(23)12-3-1-11(2-4-12)8-22-10-19-9-20-22/h1-7,9-10H,8H2,(H,21,23). The lowest BCUT2D eigenvalue weighted by Crippen LogP contribution is -2.12. The lowest BCUT2D eigenvalue weighted by Gasteiger charge is -2.08. The van der Waals surface area contributed by atoms with Crippen LogP contribution in [-0.2, 0) is 6.54 Å². The van der Waals surface area contributed by atoms with Gasteiger partial charge in [-0.3, -0.25) is 4.79 Å². The lowest BCUT2D eigenvalue weighted by atomic mass is 10.1. The largest absolute Gasteiger partial charge is 0.321 e. The van der Waals surface area contributed by atoms with Gasteiger partial charge < -0.3 is 5.32 Å². The molecule has 0 aliphatic rings. The number of amides is 1. The van der Waals surface area contributed by atoms with Gasteiger partial charge in [0.15, 0.2) is 0 Å². The molecule has 0 atom stereocenters. The minimum absolute atomic E-state index is 0.154. The lowest BCUT2D eigenvalue weighted by molar-refractivity contribution is 0.102. The number of nitrogens with zero attached hydrogens (tertiary/aromatic N) is 3. The first kappa shape index (κ1) is 15.2. The Hall–Kier alpha value is -2.73. The van der Waals surface area contributed by atoms with Crippen LogP contribution in [0, 0.1) is 5.82 Å². The minimum atomic E-state index is -0.453. The summed E-state index contributed by atoms with van der Waals surface area (Å²) in [5, 5.41) is 6.83. The molecule has 0 radical (unpaired) electrons.